The third-order valence-electron chi connectivity index (χ3n) is 5.44. The highest BCUT2D eigenvalue weighted by molar-refractivity contribution is 6.10. The third kappa shape index (κ3) is 3.42. The van der Waals surface area contributed by atoms with Crippen LogP contribution in [0.15, 0.2) is 78.9 Å². The summed E-state index contributed by atoms with van der Waals surface area (Å²) in [5, 5.41) is 12.1. The molecule has 0 amide bonds. The zero-order valence-electron chi connectivity index (χ0n) is 17.3. The predicted octanol–water partition coefficient (Wildman–Crippen LogP) is 4.99. The van der Waals surface area contributed by atoms with Crippen LogP contribution in [0.1, 0.15) is 40.3 Å². The van der Waals surface area contributed by atoms with E-state index in [0.29, 0.717) is 22.6 Å². The molecule has 5 aromatic rings. The van der Waals surface area contributed by atoms with E-state index in [1.807, 2.05) is 78.1 Å². The first-order valence-electron chi connectivity index (χ1n) is 10.2. The van der Waals surface area contributed by atoms with E-state index >= 15 is 0 Å². The summed E-state index contributed by atoms with van der Waals surface area (Å²) in [4.78, 5) is 17.8. The van der Waals surface area contributed by atoms with Crippen molar-refractivity contribution in [1.82, 2.24) is 19.6 Å². The minimum atomic E-state index is -0.0266. The molecule has 0 saturated carbocycles. The van der Waals surface area contributed by atoms with Crippen LogP contribution >= 0.6 is 0 Å². The van der Waals surface area contributed by atoms with Gasteiger partial charge in [0.05, 0.1) is 17.1 Å². The van der Waals surface area contributed by atoms with E-state index in [-0.39, 0.29) is 11.8 Å². The maximum Gasteiger partial charge on any atom is 0.204 e. The maximum absolute atomic E-state index is 12.9. The smallest absolute Gasteiger partial charge is 0.204 e. The molecule has 0 saturated heterocycles. The molecule has 2 heterocycles. The molecule has 1 atom stereocenters. The van der Waals surface area contributed by atoms with E-state index in [4.69, 9.17) is 4.98 Å². The van der Waals surface area contributed by atoms with E-state index in [1.54, 1.807) is 0 Å². The van der Waals surface area contributed by atoms with Gasteiger partial charge in [-0.15, -0.1) is 10.2 Å². The Labute approximate surface area is 179 Å². The largest absolute Gasteiger partial charge is 0.360 e. The molecule has 0 aliphatic rings. The zero-order valence-corrected chi connectivity index (χ0v) is 17.3. The summed E-state index contributed by atoms with van der Waals surface area (Å²) < 4.78 is 1.95. The van der Waals surface area contributed by atoms with Crippen molar-refractivity contribution >= 4 is 28.3 Å². The number of hydrogen-bond donors (Lipinski definition) is 1. The summed E-state index contributed by atoms with van der Waals surface area (Å²) in [5.41, 5.74) is 4.62. The molecule has 3 aromatic carbocycles. The lowest BCUT2D eigenvalue weighted by molar-refractivity contribution is 0.103. The molecule has 6 nitrogen and oxygen atoms in total. The topological polar surface area (TPSA) is 72.2 Å². The first-order chi connectivity index (χ1) is 15.1. The van der Waals surface area contributed by atoms with Crippen LogP contribution in [-0.4, -0.2) is 25.4 Å². The maximum atomic E-state index is 12.9. The van der Waals surface area contributed by atoms with Crippen molar-refractivity contribution < 1.29 is 4.79 Å². The summed E-state index contributed by atoms with van der Waals surface area (Å²) in [6, 6.07) is 25.1. The summed E-state index contributed by atoms with van der Waals surface area (Å²) in [6.07, 6.45) is 0. The highest BCUT2D eigenvalue weighted by Gasteiger charge is 2.17. The number of anilines is 1. The van der Waals surface area contributed by atoms with Gasteiger partial charge in [0.25, 0.3) is 0 Å². The molecule has 0 aliphatic heterocycles. The number of aryl methyl sites for hydroxylation is 1. The van der Waals surface area contributed by atoms with Crippen molar-refractivity contribution in [2.75, 3.05) is 5.32 Å². The Hall–Kier alpha value is -4.06. The molecule has 0 fully saturated rings. The number of nitrogens with zero attached hydrogens (tertiary/aromatic N) is 4. The standard InChI is InChI=1S/C25H21N5O/c1-16(18-9-5-3-6-10-18)26-24-25-29-28-17(2)30(25)22-15-20(13-14-21(22)27-24)23(31)19-11-7-4-8-12-19/h3-16H,1-2H3,(H,26,27). The Bertz CT molecular complexity index is 1390. The molecule has 6 heteroatoms. The molecule has 1 N–H and O–H groups in total. The van der Waals surface area contributed by atoms with Crippen molar-refractivity contribution in [3.05, 3.63) is 101 Å². The monoisotopic (exact) mass is 407 g/mol. The Kier molecular flexibility index (Phi) is 4.67. The Balaban J connectivity index is 1.61. The van der Waals surface area contributed by atoms with E-state index in [1.165, 1.54) is 0 Å². The van der Waals surface area contributed by atoms with Crippen molar-refractivity contribution in [1.29, 1.82) is 0 Å². The van der Waals surface area contributed by atoms with E-state index in [2.05, 4.69) is 34.6 Å². The van der Waals surface area contributed by atoms with Gasteiger partial charge in [-0.05, 0) is 37.6 Å². The van der Waals surface area contributed by atoms with Crippen LogP contribution < -0.4 is 5.32 Å². The second kappa shape index (κ2) is 7.65. The van der Waals surface area contributed by atoms with E-state index in [0.717, 1.165) is 22.4 Å². The average molecular weight is 407 g/mol. The molecule has 2 aromatic heterocycles. The van der Waals surface area contributed by atoms with Crippen LogP contribution in [0.4, 0.5) is 5.82 Å². The van der Waals surface area contributed by atoms with Crippen LogP contribution in [0.3, 0.4) is 0 Å². The molecular weight excluding hydrogens is 386 g/mol. The molecule has 0 bridgehead atoms. The minimum absolute atomic E-state index is 0.0266. The van der Waals surface area contributed by atoms with Gasteiger partial charge in [0, 0.05) is 11.1 Å². The zero-order chi connectivity index (χ0) is 21.4. The summed E-state index contributed by atoms with van der Waals surface area (Å²) in [7, 11) is 0. The molecule has 5 rings (SSSR count). The number of rotatable bonds is 5. The van der Waals surface area contributed by atoms with Crippen LogP contribution in [0.2, 0.25) is 0 Å². The van der Waals surface area contributed by atoms with Crippen LogP contribution in [0.25, 0.3) is 16.7 Å². The highest BCUT2D eigenvalue weighted by atomic mass is 16.1. The van der Waals surface area contributed by atoms with Gasteiger partial charge in [-0.1, -0.05) is 60.7 Å². The third-order valence-corrected chi connectivity index (χ3v) is 5.44. The van der Waals surface area contributed by atoms with Crippen molar-refractivity contribution in [3.8, 4) is 0 Å². The van der Waals surface area contributed by atoms with Gasteiger partial charge in [-0.2, -0.15) is 0 Å². The fourth-order valence-electron chi connectivity index (χ4n) is 3.80. The van der Waals surface area contributed by atoms with Crippen LogP contribution in [0, 0.1) is 6.92 Å². The predicted molar refractivity (Wildman–Crippen MR) is 121 cm³/mol. The van der Waals surface area contributed by atoms with Crippen LogP contribution in [0.5, 0.6) is 0 Å². The van der Waals surface area contributed by atoms with Gasteiger partial charge in [-0.25, -0.2) is 4.98 Å². The van der Waals surface area contributed by atoms with Gasteiger partial charge in [-0.3, -0.25) is 9.20 Å². The fraction of sp³-hybridized carbons (Fsp3) is 0.120. The quantitative estimate of drug-likeness (QED) is 0.416. The fourth-order valence-corrected chi connectivity index (χ4v) is 3.80. The van der Waals surface area contributed by atoms with Crippen molar-refractivity contribution in [2.45, 2.75) is 19.9 Å². The Morgan fingerprint density at radius 3 is 2.35 bits per heavy atom. The first-order valence-corrected chi connectivity index (χ1v) is 10.2. The molecule has 0 aliphatic carbocycles. The number of benzene rings is 3. The second-order valence-corrected chi connectivity index (χ2v) is 7.54. The van der Waals surface area contributed by atoms with Gasteiger partial charge in [0.1, 0.15) is 5.82 Å². The SMILES string of the molecule is Cc1nnc2c(NC(C)c3ccccc3)nc3ccc(C(=O)c4ccccc4)cc3n12. The highest BCUT2D eigenvalue weighted by Crippen LogP contribution is 2.26. The Morgan fingerprint density at radius 1 is 0.903 bits per heavy atom. The van der Waals surface area contributed by atoms with Crippen molar-refractivity contribution in [3.63, 3.8) is 0 Å². The second-order valence-electron chi connectivity index (χ2n) is 7.54. The van der Waals surface area contributed by atoms with Crippen molar-refractivity contribution in [2.24, 2.45) is 0 Å². The number of aromatic nitrogens is 4. The number of carbonyl (C=O) groups is 1. The lowest BCUT2D eigenvalue weighted by atomic mass is 10.0. The number of ketones is 1. The molecule has 0 spiro atoms. The van der Waals surface area contributed by atoms with Crippen LogP contribution in [-0.2, 0) is 0 Å². The Morgan fingerprint density at radius 2 is 1.61 bits per heavy atom. The van der Waals surface area contributed by atoms with Gasteiger partial charge < -0.3 is 5.32 Å². The normalized spacial score (nSPS) is 12.2. The summed E-state index contributed by atoms with van der Waals surface area (Å²) >= 11 is 0. The number of nitrogens with one attached hydrogen (secondary N) is 1. The van der Waals surface area contributed by atoms with E-state index < -0.39 is 0 Å². The molecule has 1 unspecified atom stereocenters. The van der Waals surface area contributed by atoms with Gasteiger partial charge in [0.2, 0.25) is 5.65 Å². The summed E-state index contributed by atoms with van der Waals surface area (Å²) in [5.74, 6) is 1.37. The first kappa shape index (κ1) is 18.9. The number of carbonyl (C=O) groups excluding carboxylic acids is 1. The van der Waals surface area contributed by atoms with Gasteiger partial charge in [0.15, 0.2) is 11.6 Å². The average Bonchev–Trinajstić information content (AvgIpc) is 3.22. The van der Waals surface area contributed by atoms with E-state index in [9.17, 15) is 4.79 Å². The molecule has 0 radical (unpaired) electrons. The molecular formula is C25H21N5O. The summed E-state index contributed by atoms with van der Waals surface area (Å²) in [6.45, 7) is 3.98. The lowest BCUT2D eigenvalue weighted by Gasteiger charge is -2.16. The number of fused-ring (bicyclic) bond motifs is 3. The molecule has 31 heavy (non-hydrogen) atoms. The minimum Gasteiger partial charge on any atom is -0.360 e. The lowest BCUT2D eigenvalue weighted by Crippen LogP contribution is -2.10. The number of hydrogen-bond acceptors (Lipinski definition) is 5. The van der Waals surface area contributed by atoms with Gasteiger partial charge >= 0.3 is 0 Å². The molecule has 152 valence electrons.